The molecule has 1 fully saturated rings. The Morgan fingerprint density at radius 1 is 1.28 bits per heavy atom. The van der Waals surface area contributed by atoms with Gasteiger partial charge < -0.3 is 10.4 Å². The largest absolute Gasteiger partial charge is 0.481 e. The van der Waals surface area contributed by atoms with Crippen LogP contribution in [0.2, 0.25) is 0 Å². The molecule has 1 saturated heterocycles. The maximum atomic E-state index is 12.7. The van der Waals surface area contributed by atoms with Gasteiger partial charge in [-0.1, -0.05) is 6.92 Å². The Morgan fingerprint density at radius 3 is 2.56 bits per heavy atom. The first kappa shape index (κ1) is 19.4. The fraction of sp³-hybridized carbons (Fsp3) is 0.529. The monoisotopic (exact) mass is 368 g/mol. The summed E-state index contributed by atoms with van der Waals surface area (Å²) in [4.78, 5) is 22.6. The molecule has 138 valence electrons. The number of hydrogen-bond donors (Lipinski definition) is 2. The lowest BCUT2D eigenvalue weighted by Gasteiger charge is -2.30. The highest BCUT2D eigenvalue weighted by Gasteiger charge is 2.28. The van der Waals surface area contributed by atoms with Gasteiger partial charge in [-0.15, -0.1) is 0 Å². The predicted octanol–water partition coefficient (Wildman–Crippen LogP) is 1.70. The van der Waals surface area contributed by atoms with Gasteiger partial charge in [0.25, 0.3) is 5.91 Å². The zero-order valence-electron chi connectivity index (χ0n) is 14.3. The number of piperidine rings is 1. The van der Waals surface area contributed by atoms with Crippen molar-refractivity contribution in [1.82, 2.24) is 9.62 Å². The van der Waals surface area contributed by atoms with E-state index < -0.39 is 16.0 Å². The molecule has 1 atom stereocenters. The molecule has 1 heterocycles. The molecule has 0 spiro atoms. The van der Waals surface area contributed by atoms with Crippen molar-refractivity contribution >= 4 is 21.9 Å². The number of benzene rings is 1. The van der Waals surface area contributed by atoms with E-state index in [2.05, 4.69) is 5.32 Å². The molecule has 1 aromatic rings. The molecule has 0 aliphatic carbocycles. The van der Waals surface area contributed by atoms with Crippen molar-refractivity contribution < 1.29 is 23.1 Å². The normalized spacial score (nSPS) is 18.7. The molecule has 0 bridgehead atoms. The minimum absolute atomic E-state index is 0.00822. The molecule has 1 unspecified atom stereocenters. The molecular formula is C17H24N2O5S. The van der Waals surface area contributed by atoms with Crippen molar-refractivity contribution in [3.8, 4) is 0 Å². The van der Waals surface area contributed by atoms with Gasteiger partial charge in [-0.2, -0.15) is 4.31 Å². The second kappa shape index (κ2) is 8.44. The van der Waals surface area contributed by atoms with Crippen molar-refractivity contribution in [3.63, 3.8) is 0 Å². The van der Waals surface area contributed by atoms with E-state index in [0.29, 0.717) is 31.0 Å². The van der Waals surface area contributed by atoms with E-state index in [4.69, 9.17) is 5.11 Å². The number of sulfonamides is 1. The van der Waals surface area contributed by atoms with Crippen LogP contribution in [0.15, 0.2) is 29.2 Å². The predicted molar refractivity (Wildman–Crippen MR) is 92.8 cm³/mol. The van der Waals surface area contributed by atoms with E-state index in [9.17, 15) is 18.0 Å². The highest BCUT2D eigenvalue weighted by atomic mass is 32.2. The minimum Gasteiger partial charge on any atom is -0.481 e. The fourth-order valence-electron chi connectivity index (χ4n) is 2.84. The third kappa shape index (κ3) is 5.27. The number of aliphatic carboxylic acids is 1. The summed E-state index contributed by atoms with van der Waals surface area (Å²) in [6, 6.07) is 5.85. The Labute approximate surface area is 148 Å². The van der Waals surface area contributed by atoms with Gasteiger partial charge in [0.15, 0.2) is 0 Å². The molecular weight excluding hydrogens is 344 g/mol. The van der Waals surface area contributed by atoms with Crippen molar-refractivity contribution in [2.45, 2.75) is 37.5 Å². The number of carbonyl (C=O) groups excluding carboxylic acids is 1. The molecule has 1 aliphatic heterocycles. The molecule has 8 heteroatoms. The summed E-state index contributed by atoms with van der Waals surface area (Å²) < 4.78 is 26.8. The van der Waals surface area contributed by atoms with Crippen molar-refractivity contribution in [2.24, 2.45) is 5.92 Å². The number of carbonyl (C=O) groups is 2. The summed E-state index contributed by atoms with van der Waals surface area (Å²) in [6.07, 6.45) is 2.23. The average molecular weight is 368 g/mol. The van der Waals surface area contributed by atoms with Gasteiger partial charge in [-0.25, -0.2) is 8.42 Å². The van der Waals surface area contributed by atoms with Gasteiger partial charge in [-0.05, 0) is 49.4 Å². The van der Waals surface area contributed by atoms with Crippen LogP contribution in [0, 0.1) is 5.92 Å². The Hall–Kier alpha value is -1.93. The summed E-state index contributed by atoms with van der Waals surface area (Å²) in [5.41, 5.74) is 0.348. The lowest BCUT2D eigenvalue weighted by molar-refractivity contribution is -0.137. The first-order chi connectivity index (χ1) is 11.8. The van der Waals surface area contributed by atoms with Gasteiger partial charge >= 0.3 is 5.97 Å². The summed E-state index contributed by atoms with van der Waals surface area (Å²) in [5.74, 6) is -0.906. The van der Waals surface area contributed by atoms with Gasteiger partial charge in [-0.3, -0.25) is 9.59 Å². The fourth-order valence-corrected chi connectivity index (χ4v) is 4.43. The summed E-state index contributed by atoms with van der Waals surface area (Å²) in [6.45, 7) is 3.35. The molecule has 25 heavy (non-hydrogen) atoms. The van der Waals surface area contributed by atoms with Gasteiger partial charge in [0.05, 0.1) is 4.90 Å². The van der Waals surface area contributed by atoms with Crippen molar-refractivity contribution in [1.29, 1.82) is 0 Å². The first-order valence-electron chi connectivity index (χ1n) is 8.41. The lowest BCUT2D eigenvalue weighted by atomic mass is 10.0. The van der Waals surface area contributed by atoms with Crippen LogP contribution in [0.4, 0.5) is 0 Å². The maximum absolute atomic E-state index is 12.7. The Morgan fingerprint density at radius 2 is 1.96 bits per heavy atom. The summed E-state index contributed by atoms with van der Waals surface area (Å²) >= 11 is 0. The average Bonchev–Trinajstić information content (AvgIpc) is 2.58. The van der Waals surface area contributed by atoms with E-state index in [1.165, 1.54) is 28.6 Å². The number of rotatable bonds is 7. The van der Waals surface area contributed by atoms with E-state index in [0.717, 1.165) is 12.8 Å². The van der Waals surface area contributed by atoms with E-state index in [1.54, 1.807) is 0 Å². The van der Waals surface area contributed by atoms with Gasteiger partial charge in [0, 0.05) is 31.6 Å². The van der Waals surface area contributed by atoms with E-state index in [1.807, 2.05) is 6.92 Å². The highest BCUT2D eigenvalue weighted by molar-refractivity contribution is 7.89. The smallest absolute Gasteiger partial charge is 0.303 e. The van der Waals surface area contributed by atoms with Crippen LogP contribution in [-0.2, 0) is 14.8 Å². The summed E-state index contributed by atoms with van der Waals surface area (Å²) in [5, 5.41) is 11.2. The molecule has 2 N–H and O–H groups in total. The second-order valence-corrected chi connectivity index (χ2v) is 8.33. The molecule has 0 saturated carbocycles. The third-order valence-corrected chi connectivity index (χ3v) is 6.11. The summed E-state index contributed by atoms with van der Waals surface area (Å²) in [7, 11) is -3.53. The number of carboxylic acid groups (broad SMARTS) is 1. The minimum atomic E-state index is -3.53. The number of nitrogens with one attached hydrogen (secondary N) is 1. The molecule has 0 radical (unpaired) electrons. The van der Waals surface area contributed by atoms with Crippen LogP contribution in [0.5, 0.6) is 0 Å². The Balaban J connectivity index is 1.98. The number of nitrogens with zero attached hydrogens (tertiary/aromatic N) is 1. The quantitative estimate of drug-likeness (QED) is 0.713. The van der Waals surface area contributed by atoms with Crippen LogP contribution in [0.1, 0.15) is 43.0 Å². The SMILES string of the molecule is CC1CCCN(S(=O)(=O)c2ccc(C(=O)NCCCC(=O)O)cc2)C1. The number of hydrogen-bond acceptors (Lipinski definition) is 4. The van der Waals surface area contributed by atoms with Crippen molar-refractivity contribution in [3.05, 3.63) is 29.8 Å². The van der Waals surface area contributed by atoms with Crippen LogP contribution >= 0.6 is 0 Å². The standard InChI is InChI=1S/C17H24N2O5S/c1-13-4-3-11-19(12-13)25(23,24)15-8-6-14(7-9-15)17(22)18-10-2-5-16(20)21/h6-9,13H,2-5,10-12H2,1H3,(H,18,22)(H,20,21). The Bertz CT molecular complexity index is 715. The zero-order chi connectivity index (χ0) is 18.4. The second-order valence-electron chi connectivity index (χ2n) is 6.39. The lowest BCUT2D eigenvalue weighted by Crippen LogP contribution is -2.39. The van der Waals surface area contributed by atoms with Crippen LogP contribution in [0.25, 0.3) is 0 Å². The maximum Gasteiger partial charge on any atom is 0.303 e. The topological polar surface area (TPSA) is 104 Å². The van der Waals surface area contributed by atoms with Crippen LogP contribution in [-0.4, -0.2) is 49.3 Å². The van der Waals surface area contributed by atoms with E-state index in [-0.39, 0.29) is 23.8 Å². The molecule has 2 rings (SSSR count). The molecule has 1 aliphatic rings. The first-order valence-corrected chi connectivity index (χ1v) is 9.85. The number of carboxylic acids is 1. The highest BCUT2D eigenvalue weighted by Crippen LogP contribution is 2.23. The third-order valence-electron chi connectivity index (χ3n) is 4.23. The van der Waals surface area contributed by atoms with E-state index >= 15 is 0 Å². The van der Waals surface area contributed by atoms with Gasteiger partial charge in [0.1, 0.15) is 0 Å². The van der Waals surface area contributed by atoms with Crippen molar-refractivity contribution in [2.75, 3.05) is 19.6 Å². The molecule has 7 nitrogen and oxygen atoms in total. The molecule has 0 aromatic heterocycles. The van der Waals surface area contributed by atoms with Crippen LogP contribution in [0.3, 0.4) is 0 Å². The zero-order valence-corrected chi connectivity index (χ0v) is 15.1. The van der Waals surface area contributed by atoms with Crippen LogP contribution < -0.4 is 5.32 Å². The Kier molecular flexibility index (Phi) is 6.55. The molecule has 1 amide bonds. The van der Waals surface area contributed by atoms with Gasteiger partial charge in [0.2, 0.25) is 10.0 Å². The molecule has 1 aromatic carbocycles. The number of amides is 1.